The van der Waals surface area contributed by atoms with Gasteiger partial charge in [-0.1, -0.05) is 13.5 Å². The van der Waals surface area contributed by atoms with Crippen molar-refractivity contribution in [1.29, 1.82) is 0 Å². The van der Waals surface area contributed by atoms with Crippen molar-refractivity contribution in [2.24, 2.45) is 11.8 Å². The second-order valence-electron chi connectivity index (χ2n) is 8.75. The Morgan fingerprint density at radius 2 is 1.83 bits per heavy atom. The summed E-state index contributed by atoms with van der Waals surface area (Å²) in [4.78, 5) is 10.3. The van der Waals surface area contributed by atoms with Gasteiger partial charge in [0.05, 0.1) is 43.2 Å². The highest BCUT2D eigenvalue weighted by Gasteiger charge is 2.46. The molecule has 9 heteroatoms. The molecule has 8 nitrogen and oxygen atoms in total. The lowest BCUT2D eigenvalue weighted by Crippen LogP contribution is -2.32. The minimum Gasteiger partial charge on any atom is -0.406 e. The van der Waals surface area contributed by atoms with Gasteiger partial charge in [0.25, 0.3) is 0 Å². The molecule has 0 aromatic heterocycles. The molecule has 0 spiro atoms. The second-order valence-corrected chi connectivity index (χ2v) is 10.1. The van der Waals surface area contributed by atoms with Crippen molar-refractivity contribution in [3.8, 4) is 0 Å². The van der Waals surface area contributed by atoms with Crippen molar-refractivity contribution in [1.82, 2.24) is 0 Å². The molecule has 1 heterocycles. The smallest absolute Gasteiger partial charge is 0.406 e. The van der Waals surface area contributed by atoms with Gasteiger partial charge in [-0.05, 0) is 47.0 Å². The molecular formula is C20H37O8P. The Kier molecular flexibility index (Phi) is 8.74. The maximum atomic E-state index is 12.7. The summed E-state index contributed by atoms with van der Waals surface area (Å²) in [5.74, 6) is -0.483. The molecular weight excluding hydrogens is 399 g/mol. The van der Waals surface area contributed by atoms with Gasteiger partial charge in [0.2, 0.25) is 0 Å². The van der Waals surface area contributed by atoms with Gasteiger partial charge < -0.3 is 23.8 Å². The highest BCUT2D eigenvalue weighted by Crippen LogP contribution is 2.52. The largest absolute Gasteiger partial charge is 0.527 e. The molecule has 1 aliphatic heterocycles. The first-order valence-electron chi connectivity index (χ1n) is 10.4. The molecule has 8 atom stereocenters. The van der Waals surface area contributed by atoms with Gasteiger partial charge in [-0.2, -0.15) is 0 Å². The predicted octanol–water partition coefficient (Wildman–Crippen LogP) is 3.42. The summed E-state index contributed by atoms with van der Waals surface area (Å²) >= 11 is 0. The quantitative estimate of drug-likeness (QED) is 0.397. The standard InChI is InChI=1S/C20H37O8P/c1-11(2)24-10-16-17(8-13(5)19(16)21)28-29(22,23)27-15(7)20-18(25-12(3)4)9-14(6)26-20/h11-14,16-21H,7-10H2,1-6H3,(H,22,23)/t13-,14-,16+,17+,18+,19?,20+/m0/s1. The van der Waals surface area contributed by atoms with E-state index in [4.69, 9.17) is 23.3 Å². The minimum absolute atomic E-state index is 0.00686. The van der Waals surface area contributed by atoms with E-state index in [0.29, 0.717) is 12.8 Å². The lowest BCUT2D eigenvalue weighted by Gasteiger charge is -2.27. The van der Waals surface area contributed by atoms with Crippen LogP contribution in [0.25, 0.3) is 0 Å². The molecule has 0 radical (unpaired) electrons. The third-order valence-electron chi connectivity index (χ3n) is 5.27. The van der Waals surface area contributed by atoms with Crippen molar-refractivity contribution in [3.05, 3.63) is 12.3 Å². The van der Waals surface area contributed by atoms with Crippen molar-refractivity contribution in [2.45, 2.75) is 97.1 Å². The van der Waals surface area contributed by atoms with E-state index < -0.39 is 32.1 Å². The van der Waals surface area contributed by atoms with Crippen LogP contribution in [-0.2, 0) is 27.8 Å². The van der Waals surface area contributed by atoms with E-state index in [1.807, 2.05) is 41.5 Å². The van der Waals surface area contributed by atoms with Crippen LogP contribution in [0.1, 0.15) is 54.4 Å². The van der Waals surface area contributed by atoms with Gasteiger partial charge in [0.1, 0.15) is 11.9 Å². The summed E-state index contributed by atoms with van der Waals surface area (Å²) in [6.45, 7) is 15.4. The summed E-state index contributed by atoms with van der Waals surface area (Å²) < 4.78 is 40.6. The Morgan fingerprint density at radius 3 is 2.41 bits per heavy atom. The normalized spacial score (nSPS) is 37.2. The van der Waals surface area contributed by atoms with Crippen LogP contribution in [-0.4, -0.2) is 59.3 Å². The summed E-state index contributed by atoms with van der Waals surface area (Å²) in [5.41, 5.74) is 0. The van der Waals surface area contributed by atoms with Crippen LogP contribution in [0.15, 0.2) is 12.3 Å². The van der Waals surface area contributed by atoms with Crippen molar-refractivity contribution < 1.29 is 37.8 Å². The fraction of sp³-hybridized carbons (Fsp3) is 0.900. The Morgan fingerprint density at radius 1 is 1.17 bits per heavy atom. The second kappa shape index (κ2) is 10.2. The molecule has 0 aromatic rings. The minimum atomic E-state index is -4.47. The molecule has 2 fully saturated rings. The topological polar surface area (TPSA) is 104 Å². The Balaban J connectivity index is 2.00. The van der Waals surface area contributed by atoms with Gasteiger partial charge in [0, 0.05) is 12.3 Å². The SMILES string of the molecule is C=C(OP(=O)(O)O[C@@H]1C[C@H](C)C(O)[C@@H]1COC(C)C)[C@H]1O[C@@H](C)C[C@H]1OC(C)C. The van der Waals surface area contributed by atoms with Crippen molar-refractivity contribution in [3.63, 3.8) is 0 Å². The number of ether oxygens (including phenoxy) is 3. The van der Waals surface area contributed by atoms with Crippen LogP contribution in [0, 0.1) is 11.8 Å². The van der Waals surface area contributed by atoms with E-state index in [1.54, 1.807) is 0 Å². The molecule has 170 valence electrons. The Hall–Kier alpha value is -0.470. The van der Waals surface area contributed by atoms with E-state index in [-0.39, 0.29) is 42.7 Å². The summed E-state index contributed by atoms with van der Waals surface area (Å²) in [7, 11) is -4.47. The maximum Gasteiger partial charge on any atom is 0.527 e. The molecule has 1 saturated carbocycles. The van der Waals surface area contributed by atoms with Crippen LogP contribution in [0.3, 0.4) is 0 Å². The Labute approximate surface area is 174 Å². The zero-order chi connectivity index (χ0) is 21.9. The molecule has 0 aromatic carbocycles. The molecule has 1 aliphatic carbocycles. The Bertz CT molecular complexity index is 595. The number of phosphoric acid groups is 1. The summed E-state index contributed by atoms with van der Waals surface area (Å²) in [5, 5.41) is 10.4. The highest BCUT2D eigenvalue weighted by molar-refractivity contribution is 7.47. The number of rotatable bonds is 10. The van der Waals surface area contributed by atoms with Gasteiger partial charge >= 0.3 is 7.82 Å². The van der Waals surface area contributed by atoms with E-state index in [2.05, 4.69) is 6.58 Å². The van der Waals surface area contributed by atoms with Crippen LogP contribution in [0.2, 0.25) is 0 Å². The molecule has 2 rings (SSSR count). The lowest BCUT2D eigenvalue weighted by molar-refractivity contribution is -0.0458. The first-order valence-corrected chi connectivity index (χ1v) is 11.9. The van der Waals surface area contributed by atoms with Gasteiger partial charge in [-0.3, -0.25) is 9.42 Å². The molecule has 0 bridgehead atoms. The molecule has 1 saturated heterocycles. The van der Waals surface area contributed by atoms with Crippen molar-refractivity contribution in [2.75, 3.05) is 6.61 Å². The van der Waals surface area contributed by atoms with Gasteiger partial charge in [-0.15, -0.1) is 0 Å². The zero-order valence-electron chi connectivity index (χ0n) is 18.3. The fourth-order valence-electron chi connectivity index (χ4n) is 3.95. The molecule has 29 heavy (non-hydrogen) atoms. The third-order valence-corrected chi connectivity index (χ3v) is 6.27. The molecule has 2 aliphatic rings. The van der Waals surface area contributed by atoms with Gasteiger partial charge in [0.15, 0.2) is 0 Å². The summed E-state index contributed by atoms with van der Waals surface area (Å²) in [6.07, 6.45) is -1.33. The lowest BCUT2D eigenvalue weighted by atomic mass is 10.0. The predicted molar refractivity (Wildman–Crippen MR) is 108 cm³/mol. The van der Waals surface area contributed by atoms with E-state index in [9.17, 15) is 14.6 Å². The number of hydrogen-bond acceptors (Lipinski definition) is 7. The zero-order valence-corrected chi connectivity index (χ0v) is 19.2. The molecule has 0 amide bonds. The number of aliphatic hydroxyl groups is 1. The van der Waals surface area contributed by atoms with E-state index in [1.165, 1.54) is 0 Å². The van der Waals surface area contributed by atoms with E-state index in [0.717, 1.165) is 0 Å². The molecule has 2 N–H and O–H groups in total. The summed E-state index contributed by atoms with van der Waals surface area (Å²) in [6, 6.07) is 0. The van der Waals surface area contributed by atoms with E-state index >= 15 is 0 Å². The van der Waals surface area contributed by atoms with Crippen LogP contribution < -0.4 is 0 Å². The van der Waals surface area contributed by atoms with Crippen LogP contribution in [0.5, 0.6) is 0 Å². The highest BCUT2D eigenvalue weighted by atomic mass is 31.2. The van der Waals surface area contributed by atoms with Crippen LogP contribution >= 0.6 is 7.82 Å². The average molecular weight is 436 g/mol. The van der Waals surface area contributed by atoms with Crippen molar-refractivity contribution >= 4 is 7.82 Å². The average Bonchev–Trinajstić information content (AvgIpc) is 3.04. The number of aliphatic hydroxyl groups excluding tert-OH is 1. The maximum absolute atomic E-state index is 12.7. The van der Waals surface area contributed by atoms with Crippen LogP contribution in [0.4, 0.5) is 0 Å². The number of hydrogen-bond donors (Lipinski definition) is 2. The fourth-order valence-corrected chi connectivity index (χ4v) is 4.98. The number of phosphoric ester groups is 1. The van der Waals surface area contributed by atoms with Gasteiger partial charge in [-0.25, -0.2) is 4.57 Å². The monoisotopic (exact) mass is 436 g/mol. The third kappa shape index (κ3) is 7.03. The first kappa shape index (κ1) is 24.8. The first-order chi connectivity index (χ1) is 13.4. The molecule has 2 unspecified atom stereocenters.